The lowest BCUT2D eigenvalue weighted by atomic mass is 10.0. The largest absolute Gasteiger partial charge is 0.378 e. The molecule has 35 heavy (non-hydrogen) atoms. The number of aromatic nitrogens is 5. The van der Waals surface area contributed by atoms with Crippen LogP contribution in [0.15, 0.2) is 58.3 Å². The maximum absolute atomic E-state index is 13.1. The number of nitrogen functional groups attached to an aromatic ring is 1. The number of aryl methyl sites for hydroxylation is 2. The van der Waals surface area contributed by atoms with Crippen molar-refractivity contribution in [1.29, 1.82) is 0 Å². The Kier molecular flexibility index (Phi) is 6.20. The van der Waals surface area contributed by atoms with E-state index in [4.69, 9.17) is 10.4 Å². The second-order valence-corrected chi connectivity index (χ2v) is 8.22. The van der Waals surface area contributed by atoms with Crippen molar-refractivity contribution in [3.63, 3.8) is 0 Å². The third-order valence-corrected chi connectivity index (χ3v) is 5.99. The number of para-hydroxylation sites is 1. The first-order valence-corrected chi connectivity index (χ1v) is 11.4. The highest BCUT2D eigenvalue weighted by Crippen LogP contribution is 2.29. The molecule has 0 atom stereocenters. The molecular formula is C24H25N9O2. The van der Waals surface area contributed by atoms with Crippen LogP contribution in [0.1, 0.15) is 46.2 Å². The minimum atomic E-state index is -0.493. The number of carbonyl (C=O) groups excluding carboxylic acids is 1. The van der Waals surface area contributed by atoms with Crippen molar-refractivity contribution in [1.82, 2.24) is 30.7 Å². The first-order chi connectivity index (χ1) is 17.1. The molecule has 0 saturated carbocycles. The summed E-state index contributed by atoms with van der Waals surface area (Å²) in [5.74, 6) is -0.264. The van der Waals surface area contributed by atoms with Gasteiger partial charge in [-0.3, -0.25) is 4.79 Å². The molecular weight excluding hydrogens is 446 g/mol. The quantitative estimate of drug-likeness (QED) is 0.309. The van der Waals surface area contributed by atoms with E-state index in [0.717, 1.165) is 37.1 Å². The van der Waals surface area contributed by atoms with Gasteiger partial charge in [-0.15, -0.1) is 5.10 Å². The van der Waals surface area contributed by atoms with Crippen LogP contribution >= 0.6 is 0 Å². The van der Waals surface area contributed by atoms with E-state index >= 15 is 0 Å². The molecule has 1 aliphatic rings. The topological polar surface area (TPSA) is 140 Å². The third-order valence-electron chi connectivity index (χ3n) is 5.99. The number of rotatable bonds is 7. The van der Waals surface area contributed by atoms with Crippen LogP contribution in [0, 0.1) is 0 Å². The highest BCUT2D eigenvalue weighted by atomic mass is 16.6. The van der Waals surface area contributed by atoms with Crippen LogP contribution in [0.3, 0.4) is 0 Å². The summed E-state index contributed by atoms with van der Waals surface area (Å²) >= 11 is 0. The van der Waals surface area contributed by atoms with E-state index in [-0.39, 0.29) is 17.3 Å². The molecule has 11 heteroatoms. The predicted octanol–water partition coefficient (Wildman–Crippen LogP) is 2.51. The summed E-state index contributed by atoms with van der Waals surface area (Å²) in [6.07, 6.45) is 4.54. The Labute approximate surface area is 201 Å². The zero-order chi connectivity index (χ0) is 24.2. The van der Waals surface area contributed by atoms with Crippen molar-refractivity contribution in [2.45, 2.75) is 32.7 Å². The fraction of sp³-hybridized carbons (Fsp3) is 0.250. The SMILES string of the molecule is CCc1ccc(/C=N\NC(=O)c2nnn(-c3nonc3N)c2CN2CCCc3ccccc32)cc1. The first kappa shape index (κ1) is 22.3. The average Bonchev–Trinajstić information content (AvgIpc) is 3.50. The average molecular weight is 472 g/mol. The number of nitrogens with one attached hydrogen (secondary N) is 1. The van der Waals surface area contributed by atoms with Crippen LogP contribution in [0.5, 0.6) is 0 Å². The van der Waals surface area contributed by atoms with Gasteiger partial charge in [-0.1, -0.05) is 54.6 Å². The molecule has 1 aliphatic heterocycles. The Hall–Kier alpha value is -4.54. The minimum Gasteiger partial charge on any atom is -0.378 e. The van der Waals surface area contributed by atoms with Gasteiger partial charge in [0, 0.05) is 12.2 Å². The van der Waals surface area contributed by atoms with Gasteiger partial charge >= 0.3 is 0 Å². The van der Waals surface area contributed by atoms with Gasteiger partial charge in [-0.2, -0.15) is 9.78 Å². The third kappa shape index (κ3) is 4.60. The van der Waals surface area contributed by atoms with Gasteiger partial charge in [0.05, 0.1) is 18.5 Å². The molecule has 0 spiro atoms. The fourth-order valence-electron chi connectivity index (χ4n) is 4.14. The highest BCUT2D eigenvalue weighted by molar-refractivity contribution is 5.94. The zero-order valence-electron chi connectivity index (χ0n) is 19.3. The van der Waals surface area contributed by atoms with Crippen LogP contribution in [-0.2, 0) is 19.4 Å². The van der Waals surface area contributed by atoms with Crippen molar-refractivity contribution >= 4 is 23.6 Å². The number of hydrogen-bond donors (Lipinski definition) is 2. The summed E-state index contributed by atoms with van der Waals surface area (Å²) in [4.78, 5) is 15.2. The second kappa shape index (κ2) is 9.75. The van der Waals surface area contributed by atoms with E-state index in [9.17, 15) is 4.79 Å². The van der Waals surface area contributed by atoms with Gasteiger partial charge in [0.25, 0.3) is 5.91 Å². The number of anilines is 2. The standard InChI is InChI=1S/C24H25N9O2/c1-2-16-9-11-17(12-10-16)14-26-28-24(34)21-20(33(31-27-21)23-22(25)29-35-30-23)15-32-13-5-7-18-6-3-4-8-19(18)32/h3-4,6,8-12,14H,2,5,7,13,15H2,1H3,(H2,25,29)(H,28,34)/b26-14-. The number of benzene rings is 2. The summed E-state index contributed by atoms with van der Waals surface area (Å²) in [7, 11) is 0. The Morgan fingerprint density at radius 2 is 2.03 bits per heavy atom. The molecule has 0 saturated heterocycles. The number of amides is 1. The number of nitrogens with zero attached hydrogens (tertiary/aromatic N) is 7. The van der Waals surface area contributed by atoms with Crippen molar-refractivity contribution in [3.8, 4) is 5.82 Å². The molecule has 2 aromatic carbocycles. The van der Waals surface area contributed by atoms with Gasteiger partial charge in [0.2, 0.25) is 11.6 Å². The van der Waals surface area contributed by atoms with Crippen LogP contribution < -0.4 is 16.1 Å². The highest BCUT2D eigenvalue weighted by Gasteiger charge is 2.27. The Morgan fingerprint density at radius 3 is 2.80 bits per heavy atom. The lowest BCUT2D eigenvalue weighted by Crippen LogP contribution is -2.31. The minimum absolute atomic E-state index is 0.0516. The maximum Gasteiger partial charge on any atom is 0.293 e. The number of hydrogen-bond acceptors (Lipinski definition) is 9. The van der Waals surface area contributed by atoms with Crippen molar-refractivity contribution in [3.05, 3.63) is 76.6 Å². The van der Waals surface area contributed by atoms with E-state index in [0.29, 0.717) is 12.2 Å². The lowest BCUT2D eigenvalue weighted by molar-refractivity contribution is 0.0949. The Bertz CT molecular complexity index is 1360. The van der Waals surface area contributed by atoms with E-state index in [1.54, 1.807) is 6.21 Å². The molecule has 178 valence electrons. The number of carbonyl (C=O) groups is 1. The van der Waals surface area contributed by atoms with Crippen LogP contribution in [-0.4, -0.2) is 44.0 Å². The molecule has 2 aromatic heterocycles. The molecule has 0 unspecified atom stereocenters. The molecule has 3 heterocycles. The normalized spacial score (nSPS) is 13.2. The van der Waals surface area contributed by atoms with Gasteiger partial charge in [0.15, 0.2) is 5.69 Å². The molecule has 1 amide bonds. The summed E-state index contributed by atoms with van der Waals surface area (Å²) in [6.45, 7) is 3.28. The lowest BCUT2D eigenvalue weighted by Gasteiger charge is -2.31. The van der Waals surface area contributed by atoms with Crippen molar-refractivity contribution < 1.29 is 9.42 Å². The first-order valence-electron chi connectivity index (χ1n) is 11.4. The second-order valence-electron chi connectivity index (χ2n) is 8.22. The summed E-state index contributed by atoms with van der Waals surface area (Å²) < 4.78 is 6.14. The zero-order valence-corrected chi connectivity index (χ0v) is 19.3. The van der Waals surface area contributed by atoms with Gasteiger partial charge in [-0.05, 0) is 52.3 Å². The Morgan fingerprint density at radius 1 is 1.20 bits per heavy atom. The van der Waals surface area contributed by atoms with E-state index in [2.05, 4.69) is 55.1 Å². The van der Waals surface area contributed by atoms with Crippen LogP contribution in [0.25, 0.3) is 5.82 Å². The van der Waals surface area contributed by atoms with E-state index in [1.165, 1.54) is 15.8 Å². The molecule has 3 N–H and O–H groups in total. The van der Waals surface area contributed by atoms with E-state index in [1.807, 2.05) is 36.4 Å². The fourth-order valence-corrected chi connectivity index (χ4v) is 4.14. The van der Waals surface area contributed by atoms with E-state index < -0.39 is 5.91 Å². The number of fused-ring (bicyclic) bond motifs is 1. The van der Waals surface area contributed by atoms with Crippen LogP contribution in [0.4, 0.5) is 11.5 Å². The van der Waals surface area contributed by atoms with Crippen LogP contribution in [0.2, 0.25) is 0 Å². The molecule has 5 rings (SSSR count). The van der Waals surface area contributed by atoms with Gasteiger partial charge in [-0.25, -0.2) is 10.1 Å². The smallest absolute Gasteiger partial charge is 0.293 e. The summed E-state index contributed by atoms with van der Waals surface area (Å²) in [5, 5.41) is 19.8. The molecule has 11 nitrogen and oxygen atoms in total. The number of hydrazone groups is 1. The maximum atomic E-state index is 13.1. The molecule has 0 radical (unpaired) electrons. The Balaban J connectivity index is 1.42. The summed E-state index contributed by atoms with van der Waals surface area (Å²) in [6, 6.07) is 16.2. The molecule has 4 aromatic rings. The van der Waals surface area contributed by atoms with Crippen molar-refractivity contribution in [2.24, 2.45) is 5.10 Å². The summed E-state index contributed by atoms with van der Waals surface area (Å²) in [5.41, 5.74) is 13.5. The van der Waals surface area contributed by atoms with Crippen molar-refractivity contribution in [2.75, 3.05) is 17.2 Å². The molecule has 0 aliphatic carbocycles. The van der Waals surface area contributed by atoms with Gasteiger partial charge < -0.3 is 10.6 Å². The predicted molar refractivity (Wildman–Crippen MR) is 130 cm³/mol. The molecule has 0 fully saturated rings. The molecule has 0 bridgehead atoms. The monoisotopic (exact) mass is 471 g/mol. The number of nitrogens with two attached hydrogens (primary N) is 1. The van der Waals surface area contributed by atoms with Gasteiger partial charge in [0.1, 0.15) is 0 Å².